The van der Waals surface area contributed by atoms with E-state index in [9.17, 15) is 9.90 Å². The SMILES string of the molecule is CCC(C)c1nc2ccccn2c1C(=O)O. The summed E-state index contributed by atoms with van der Waals surface area (Å²) < 4.78 is 1.63. The average molecular weight is 218 g/mol. The zero-order chi connectivity index (χ0) is 11.7. The molecule has 0 radical (unpaired) electrons. The Balaban J connectivity index is 2.73. The number of rotatable bonds is 3. The van der Waals surface area contributed by atoms with Crippen molar-refractivity contribution >= 4 is 11.6 Å². The van der Waals surface area contributed by atoms with Crippen molar-refractivity contribution in [2.75, 3.05) is 0 Å². The van der Waals surface area contributed by atoms with E-state index in [0.717, 1.165) is 6.42 Å². The zero-order valence-electron chi connectivity index (χ0n) is 9.34. The first-order valence-electron chi connectivity index (χ1n) is 5.35. The third-order valence-corrected chi connectivity index (χ3v) is 2.84. The molecule has 84 valence electrons. The van der Waals surface area contributed by atoms with E-state index in [1.807, 2.05) is 32.0 Å². The summed E-state index contributed by atoms with van der Waals surface area (Å²) >= 11 is 0. The van der Waals surface area contributed by atoms with Crippen molar-refractivity contribution in [3.05, 3.63) is 35.8 Å². The van der Waals surface area contributed by atoms with Gasteiger partial charge in [0.1, 0.15) is 5.65 Å². The molecular formula is C12H14N2O2. The number of aromatic nitrogens is 2. The van der Waals surface area contributed by atoms with E-state index < -0.39 is 5.97 Å². The number of carboxylic acid groups (broad SMARTS) is 1. The molecule has 0 fully saturated rings. The Morgan fingerprint density at radius 1 is 1.56 bits per heavy atom. The number of pyridine rings is 1. The van der Waals surface area contributed by atoms with E-state index >= 15 is 0 Å². The highest BCUT2D eigenvalue weighted by Crippen LogP contribution is 2.23. The molecule has 0 amide bonds. The molecule has 4 heteroatoms. The standard InChI is InChI=1S/C12H14N2O2/c1-3-8(2)10-11(12(15)16)14-7-5-4-6-9(14)13-10/h4-8H,3H2,1-2H3,(H,15,16). The van der Waals surface area contributed by atoms with Crippen LogP contribution in [0, 0.1) is 0 Å². The molecule has 0 saturated carbocycles. The van der Waals surface area contributed by atoms with Crippen LogP contribution in [-0.4, -0.2) is 20.5 Å². The Hall–Kier alpha value is -1.84. The van der Waals surface area contributed by atoms with Gasteiger partial charge in [-0.05, 0) is 18.6 Å². The van der Waals surface area contributed by atoms with Gasteiger partial charge in [0.05, 0.1) is 5.69 Å². The van der Waals surface area contributed by atoms with E-state index in [1.165, 1.54) is 0 Å². The van der Waals surface area contributed by atoms with Crippen molar-refractivity contribution in [2.24, 2.45) is 0 Å². The Kier molecular flexibility index (Phi) is 2.64. The van der Waals surface area contributed by atoms with Crippen LogP contribution in [0.3, 0.4) is 0 Å². The topological polar surface area (TPSA) is 54.6 Å². The zero-order valence-corrected chi connectivity index (χ0v) is 9.34. The van der Waals surface area contributed by atoms with Crippen LogP contribution in [0.25, 0.3) is 5.65 Å². The van der Waals surface area contributed by atoms with Gasteiger partial charge in [-0.3, -0.25) is 4.40 Å². The van der Waals surface area contributed by atoms with Crippen LogP contribution in [0.4, 0.5) is 0 Å². The second-order valence-electron chi connectivity index (χ2n) is 3.89. The van der Waals surface area contributed by atoms with Gasteiger partial charge in [0.2, 0.25) is 0 Å². The molecule has 0 spiro atoms. The molecule has 2 rings (SSSR count). The van der Waals surface area contributed by atoms with Crippen LogP contribution in [0.2, 0.25) is 0 Å². The first kappa shape index (κ1) is 10.7. The molecule has 0 bridgehead atoms. The Morgan fingerprint density at radius 2 is 2.31 bits per heavy atom. The lowest BCUT2D eigenvalue weighted by molar-refractivity contribution is 0.0687. The number of carboxylic acids is 1. The molecule has 16 heavy (non-hydrogen) atoms. The fourth-order valence-corrected chi connectivity index (χ4v) is 1.76. The van der Waals surface area contributed by atoms with Gasteiger partial charge in [0, 0.05) is 12.1 Å². The number of carbonyl (C=O) groups is 1. The maximum atomic E-state index is 11.3. The second kappa shape index (κ2) is 3.96. The monoisotopic (exact) mass is 218 g/mol. The smallest absolute Gasteiger partial charge is 0.354 e. The molecule has 1 unspecified atom stereocenters. The second-order valence-corrected chi connectivity index (χ2v) is 3.89. The van der Waals surface area contributed by atoms with Crippen molar-refractivity contribution in [1.82, 2.24) is 9.38 Å². The number of hydrogen-bond acceptors (Lipinski definition) is 2. The number of aromatic carboxylic acids is 1. The molecule has 2 heterocycles. The summed E-state index contributed by atoms with van der Waals surface area (Å²) in [5.74, 6) is -0.764. The van der Waals surface area contributed by atoms with Crippen molar-refractivity contribution in [1.29, 1.82) is 0 Å². The molecule has 0 saturated heterocycles. The van der Waals surface area contributed by atoms with Crippen molar-refractivity contribution in [3.8, 4) is 0 Å². The van der Waals surface area contributed by atoms with Gasteiger partial charge >= 0.3 is 5.97 Å². The first-order chi connectivity index (χ1) is 7.65. The van der Waals surface area contributed by atoms with Crippen LogP contribution >= 0.6 is 0 Å². The van der Waals surface area contributed by atoms with Crippen LogP contribution in [0.1, 0.15) is 42.4 Å². The van der Waals surface area contributed by atoms with Crippen LogP contribution in [0.5, 0.6) is 0 Å². The van der Waals surface area contributed by atoms with Gasteiger partial charge in [-0.1, -0.05) is 19.9 Å². The van der Waals surface area contributed by atoms with Crippen molar-refractivity contribution < 1.29 is 9.90 Å². The Morgan fingerprint density at radius 3 is 2.94 bits per heavy atom. The van der Waals surface area contributed by atoms with Crippen molar-refractivity contribution in [3.63, 3.8) is 0 Å². The first-order valence-corrected chi connectivity index (χ1v) is 5.35. The minimum absolute atomic E-state index is 0.158. The molecule has 1 atom stereocenters. The lowest BCUT2D eigenvalue weighted by Crippen LogP contribution is -2.07. The van der Waals surface area contributed by atoms with Gasteiger partial charge in [0.15, 0.2) is 5.69 Å². The lowest BCUT2D eigenvalue weighted by Gasteiger charge is -2.05. The Labute approximate surface area is 93.5 Å². The Bertz CT molecular complexity index is 531. The number of nitrogens with zero attached hydrogens (tertiary/aromatic N) is 2. The van der Waals surface area contributed by atoms with Gasteiger partial charge in [-0.2, -0.15) is 0 Å². The summed E-state index contributed by atoms with van der Waals surface area (Å²) in [6, 6.07) is 5.48. The summed E-state index contributed by atoms with van der Waals surface area (Å²) in [6.45, 7) is 4.02. The summed E-state index contributed by atoms with van der Waals surface area (Å²) in [5, 5.41) is 9.24. The molecule has 2 aromatic heterocycles. The van der Waals surface area contributed by atoms with E-state index in [-0.39, 0.29) is 11.6 Å². The van der Waals surface area contributed by atoms with E-state index in [1.54, 1.807) is 10.6 Å². The molecule has 0 aliphatic rings. The number of hydrogen-bond donors (Lipinski definition) is 1. The molecule has 1 N–H and O–H groups in total. The quantitative estimate of drug-likeness (QED) is 0.861. The van der Waals surface area contributed by atoms with Crippen LogP contribution in [0.15, 0.2) is 24.4 Å². The largest absolute Gasteiger partial charge is 0.477 e. The summed E-state index contributed by atoms with van der Waals surface area (Å²) in [6.07, 6.45) is 2.61. The van der Waals surface area contributed by atoms with E-state index in [4.69, 9.17) is 0 Å². The molecule has 2 aromatic rings. The number of imidazole rings is 1. The molecule has 0 aliphatic carbocycles. The minimum Gasteiger partial charge on any atom is -0.477 e. The molecule has 0 aliphatic heterocycles. The molecular weight excluding hydrogens is 204 g/mol. The summed E-state index contributed by atoms with van der Waals surface area (Å²) in [4.78, 5) is 15.6. The van der Waals surface area contributed by atoms with Gasteiger partial charge < -0.3 is 5.11 Å². The summed E-state index contributed by atoms with van der Waals surface area (Å²) in [7, 11) is 0. The van der Waals surface area contributed by atoms with Gasteiger partial charge in [-0.15, -0.1) is 0 Å². The molecule has 0 aromatic carbocycles. The van der Waals surface area contributed by atoms with Crippen LogP contribution < -0.4 is 0 Å². The maximum absolute atomic E-state index is 11.3. The van der Waals surface area contributed by atoms with Gasteiger partial charge in [-0.25, -0.2) is 9.78 Å². The summed E-state index contributed by atoms with van der Waals surface area (Å²) in [5.41, 5.74) is 1.64. The highest BCUT2D eigenvalue weighted by atomic mass is 16.4. The fraction of sp³-hybridized carbons (Fsp3) is 0.333. The van der Waals surface area contributed by atoms with E-state index in [0.29, 0.717) is 11.3 Å². The van der Waals surface area contributed by atoms with Crippen LogP contribution in [-0.2, 0) is 0 Å². The van der Waals surface area contributed by atoms with Crippen molar-refractivity contribution in [2.45, 2.75) is 26.2 Å². The molecule has 4 nitrogen and oxygen atoms in total. The van der Waals surface area contributed by atoms with Gasteiger partial charge in [0.25, 0.3) is 0 Å². The normalized spacial score (nSPS) is 12.9. The maximum Gasteiger partial charge on any atom is 0.354 e. The third-order valence-electron chi connectivity index (χ3n) is 2.84. The highest BCUT2D eigenvalue weighted by Gasteiger charge is 2.21. The van der Waals surface area contributed by atoms with E-state index in [2.05, 4.69) is 4.98 Å². The predicted molar refractivity (Wildman–Crippen MR) is 60.9 cm³/mol. The predicted octanol–water partition coefficient (Wildman–Crippen LogP) is 2.55. The highest BCUT2D eigenvalue weighted by molar-refractivity contribution is 5.88. The fourth-order valence-electron chi connectivity index (χ4n) is 1.76. The average Bonchev–Trinajstić information content (AvgIpc) is 2.67. The lowest BCUT2D eigenvalue weighted by atomic mass is 10.0. The minimum atomic E-state index is -0.922. The number of fused-ring (bicyclic) bond motifs is 1. The third kappa shape index (κ3) is 1.56.